The second-order valence-electron chi connectivity index (χ2n) is 8.98. The predicted molar refractivity (Wildman–Crippen MR) is 138 cm³/mol. The van der Waals surface area contributed by atoms with Gasteiger partial charge in [0, 0.05) is 31.4 Å². The lowest BCUT2D eigenvalue weighted by molar-refractivity contribution is 0.0629. The molecule has 5 rings (SSSR count). The highest BCUT2D eigenvalue weighted by molar-refractivity contribution is 5.98. The van der Waals surface area contributed by atoms with Gasteiger partial charge in [0.05, 0.1) is 17.8 Å². The molecule has 8 heteroatoms. The number of hydrogen-bond acceptors (Lipinski definition) is 6. The molecule has 0 saturated carbocycles. The van der Waals surface area contributed by atoms with Crippen molar-refractivity contribution < 1.29 is 14.3 Å². The van der Waals surface area contributed by atoms with Crippen molar-refractivity contribution in [2.75, 3.05) is 13.1 Å². The van der Waals surface area contributed by atoms with Crippen LogP contribution in [0, 0.1) is 6.92 Å². The molecule has 4 aromatic rings. The van der Waals surface area contributed by atoms with E-state index in [1.165, 1.54) is 18.5 Å². The molecule has 2 atom stereocenters. The Bertz CT molecular complexity index is 1500. The molecule has 1 aliphatic heterocycles. The highest BCUT2D eigenvalue weighted by Crippen LogP contribution is 2.39. The van der Waals surface area contributed by atoms with Gasteiger partial charge in [-0.25, -0.2) is 4.79 Å². The number of esters is 1. The molecule has 2 aromatic carbocycles. The first-order valence-electron chi connectivity index (χ1n) is 12.1. The lowest BCUT2D eigenvalue weighted by Gasteiger charge is -2.39. The van der Waals surface area contributed by atoms with E-state index >= 15 is 0 Å². The van der Waals surface area contributed by atoms with Gasteiger partial charge in [-0.3, -0.25) is 19.3 Å². The topological polar surface area (TPSA) is 94.4 Å². The summed E-state index contributed by atoms with van der Waals surface area (Å²) in [6, 6.07) is 21.0. The Labute approximate surface area is 214 Å². The van der Waals surface area contributed by atoms with Crippen LogP contribution in [0.4, 0.5) is 0 Å². The summed E-state index contributed by atoms with van der Waals surface area (Å²) in [5, 5.41) is 4.41. The van der Waals surface area contributed by atoms with Crippen LogP contribution in [0.5, 0.6) is 5.75 Å². The molecule has 0 bridgehead atoms. The summed E-state index contributed by atoms with van der Waals surface area (Å²) in [7, 11) is 0. The number of ether oxygens (including phenoxy) is 1. The van der Waals surface area contributed by atoms with Crippen LogP contribution >= 0.6 is 0 Å². The minimum Gasteiger partial charge on any atom is -0.416 e. The number of pyridine rings is 1. The van der Waals surface area contributed by atoms with E-state index in [1.807, 2.05) is 56.3 Å². The maximum absolute atomic E-state index is 13.6. The van der Waals surface area contributed by atoms with Gasteiger partial charge in [0.1, 0.15) is 0 Å². The normalized spacial score (nSPS) is 15.7. The molecular formula is C29H26N4O4. The Morgan fingerprint density at radius 3 is 2.51 bits per heavy atom. The van der Waals surface area contributed by atoms with Crippen molar-refractivity contribution in [3.05, 3.63) is 123 Å². The summed E-state index contributed by atoms with van der Waals surface area (Å²) < 4.78 is 7.11. The zero-order valence-electron chi connectivity index (χ0n) is 20.6. The molecule has 186 valence electrons. The molecule has 37 heavy (non-hydrogen) atoms. The van der Waals surface area contributed by atoms with Crippen LogP contribution in [0.3, 0.4) is 0 Å². The van der Waals surface area contributed by atoms with Crippen molar-refractivity contribution in [1.29, 1.82) is 0 Å². The number of hydrogen-bond donors (Lipinski definition) is 0. The SMILES string of the molecule is CCN1CC(C(c2ccccc2)c2cccc(C)c2)n2ncc(=O)c(OC(=O)c3cccnc3)c2C1=O. The molecule has 0 radical (unpaired) electrons. The maximum atomic E-state index is 13.6. The van der Waals surface area contributed by atoms with Gasteiger partial charge in [0.2, 0.25) is 11.2 Å². The number of aryl methyl sites for hydroxylation is 1. The Kier molecular flexibility index (Phi) is 6.64. The summed E-state index contributed by atoms with van der Waals surface area (Å²) in [4.78, 5) is 44.9. The number of nitrogens with zero attached hydrogens (tertiary/aromatic N) is 4. The molecule has 2 unspecified atom stereocenters. The second kappa shape index (κ2) is 10.2. The smallest absolute Gasteiger partial charge is 0.345 e. The van der Waals surface area contributed by atoms with E-state index in [9.17, 15) is 14.4 Å². The van der Waals surface area contributed by atoms with E-state index in [0.29, 0.717) is 13.1 Å². The van der Waals surface area contributed by atoms with Gasteiger partial charge in [-0.15, -0.1) is 0 Å². The van der Waals surface area contributed by atoms with Gasteiger partial charge >= 0.3 is 5.97 Å². The van der Waals surface area contributed by atoms with E-state index in [4.69, 9.17) is 4.74 Å². The largest absolute Gasteiger partial charge is 0.416 e. The van der Waals surface area contributed by atoms with Crippen molar-refractivity contribution in [1.82, 2.24) is 19.7 Å². The van der Waals surface area contributed by atoms with Gasteiger partial charge in [-0.1, -0.05) is 60.2 Å². The van der Waals surface area contributed by atoms with Gasteiger partial charge in [-0.05, 0) is 37.1 Å². The first kappa shape index (κ1) is 24.1. The van der Waals surface area contributed by atoms with Crippen LogP contribution in [-0.4, -0.2) is 44.6 Å². The highest BCUT2D eigenvalue weighted by Gasteiger charge is 2.40. The average molecular weight is 495 g/mol. The molecule has 1 aliphatic rings. The number of carbonyl (C=O) groups excluding carboxylic acids is 2. The van der Waals surface area contributed by atoms with E-state index < -0.39 is 17.3 Å². The highest BCUT2D eigenvalue weighted by atomic mass is 16.5. The van der Waals surface area contributed by atoms with E-state index in [2.05, 4.69) is 22.2 Å². The Balaban J connectivity index is 1.68. The number of rotatable bonds is 6. The van der Waals surface area contributed by atoms with Crippen molar-refractivity contribution in [2.24, 2.45) is 0 Å². The minimum absolute atomic E-state index is 0.0311. The van der Waals surface area contributed by atoms with Crippen LogP contribution in [0.25, 0.3) is 0 Å². The Morgan fingerprint density at radius 2 is 1.81 bits per heavy atom. The molecule has 0 fully saturated rings. The van der Waals surface area contributed by atoms with E-state index in [1.54, 1.807) is 15.6 Å². The summed E-state index contributed by atoms with van der Waals surface area (Å²) in [5.41, 5.74) is 2.71. The second-order valence-corrected chi connectivity index (χ2v) is 8.98. The fourth-order valence-electron chi connectivity index (χ4n) is 4.85. The number of carbonyl (C=O) groups is 2. The molecule has 0 aliphatic carbocycles. The van der Waals surface area contributed by atoms with Crippen LogP contribution in [0.1, 0.15) is 56.4 Å². The predicted octanol–water partition coefficient (Wildman–Crippen LogP) is 4.01. The van der Waals surface area contributed by atoms with Crippen molar-refractivity contribution in [3.63, 3.8) is 0 Å². The summed E-state index contributed by atoms with van der Waals surface area (Å²) >= 11 is 0. The first-order chi connectivity index (χ1) is 18.0. The minimum atomic E-state index is -0.768. The molecule has 1 amide bonds. The molecular weight excluding hydrogens is 468 g/mol. The van der Waals surface area contributed by atoms with E-state index in [0.717, 1.165) is 22.9 Å². The number of likely N-dealkylation sites (N-methyl/N-ethyl adjacent to an activating group) is 1. The lowest BCUT2D eigenvalue weighted by atomic mass is 9.83. The third-order valence-electron chi connectivity index (χ3n) is 6.60. The van der Waals surface area contributed by atoms with Crippen molar-refractivity contribution in [3.8, 4) is 5.75 Å². The van der Waals surface area contributed by atoms with Crippen molar-refractivity contribution in [2.45, 2.75) is 25.8 Å². The van der Waals surface area contributed by atoms with Gasteiger partial charge in [-0.2, -0.15) is 5.10 Å². The van der Waals surface area contributed by atoms with E-state index in [-0.39, 0.29) is 29.0 Å². The molecule has 0 N–H and O–H groups in total. The van der Waals surface area contributed by atoms with Gasteiger partial charge in [0.15, 0.2) is 5.69 Å². The summed E-state index contributed by atoms with van der Waals surface area (Å²) in [5.74, 6) is -1.68. The Morgan fingerprint density at radius 1 is 1.03 bits per heavy atom. The van der Waals surface area contributed by atoms with Gasteiger partial charge in [0.25, 0.3) is 5.91 Å². The fraction of sp³-hybridized carbons (Fsp3) is 0.207. The quantitative estimate of drug-likeness (QED) is 0.376. The van der Waals surface area contributed by atoms with Crippen LogP contribution in [0.15, 0.2) is 90.1 Å². The molecule has 3 heterocycles. The van der Waals surface area contributed by atoms with Crippen LogP contribution < -0.4 is 10.2 Å². The molecule has 8 nitrogen and oxygen atoms in total. The summed E-state index contributed by atoms with van der Waals surface area (Å²) in [6.45, 7) is 4.71. The van der Waals surface area contributed by atoms with Crippen LogP contribution in [0.2, 0.25) is 0 Å². The average Bonchev–Trinajstić information content (AvgIpc) is 2.92. The lowest BCUT2D eigenvalue weighted by Crippen LogP contribution is -2.47. The molecule has 0 spiro atoms. The number of amides is 1. The molecule has 2 aromatic heterocycles. The number of aromatic nitrogens is 3. The third kappa shape index (κ3) is 4.65. The summed E-state index contributed by atoms with van der Waals surface area (Å²) in [6.07, 6.45) is 3.98. The van der Waals surface area contributed by atoms with Crippen LogP contribution in [-0.2, 0) is 0 Å². The van der Waals surface area contributed by atoms with Crippen molar-refractivity contribution >= 4 is 11.9 Å². The first-order valence-corrected chi connectivity index (χ1v) is 12.1. The Hall–Kier alpha value is -4.59. The van der Waals surface area contributed by atoms with Gasteiger partial charge < -0.3 is 9.64 Å². The standard InChI is InChI=1S/C29H26N4O4/c1-3-32-18-23(25(20-10-5-4-6-11-20)21-12-7-9-19(2)15-21)33-26(28(32)35)27(24(34)17-31-33)37-29(36)22-13-8-14-30-16-22/h4-17,23,25H,3,18H2,1-2H3. The third-order valence-corrected chi connectivity index (χ3v) is 6.60. The molecule has 0 saturated heterocycles. The zero-order chi connectivity index (χ0) is 25.9. The number of benzene rings is 2. The zero-order valence-corrected chi connectivity index (χ0v) is 20.6. The maximum Gasteiger partial charge on any atom is 0.345 e. The fourth-order valence-corrected chi connectivity index (χ4v) is 4.85. The number of fused-ring (bicyclic) bond motifs is 1. The monoisotopic (exact) mass is 494 g/mol.